The molecule has 0 radical (unpaired) electrons. The van der Waals surface area contributed by atoms with Gasteiger partial charge in [-0.2, -0.15) is 0 Å². The van der Waals surface area contributed by atoms with E-state index in [4.69, 9.17) is 4.74 Å². The van der Waals surface area contributed by atoms with Gasteiger partial charge < -0.3 is 9.84 Å². The number of carbonyl (C=O) groups is 1. The van der Waals surface area contributed by atoms with E-state index in [-0.39, 0.29) is 16.5 Å². The summed E-state index contributed by atoms with van der Waals surface area (Å²) in [7, 11) is 0. The standard InChI is InChI=1S/C19H14F2O3S/c1-9-2-4-11-14(24-9)7-6-13(17(11)21)16-12-5-3-10(20)8-15(12)25-18(16)19(22)23/h3,5-9H,2,4H2,1H3,(H,22,23)/t9-/m1/s1. The van der Waals surface area contributed by atoms with Crippen molar-refractivity contribution in [2.45, 2.75) is 25.9 Å². The minimum atomic E-state index is -1.15. The van der Waals surface area contributed by atoms with Gasteiger partial charge in [-0.15, -0.1) is 11.3 Å². The lowest BCUT2D eigenvalue weighted by atomic mass is 9.94. The fraction of sp³-hybridized carbons (Fsp3) is 0.211. The number of carboxylic acids is 1. The minimum absolute atomic E-state index is 0.00421. The zero-order valence-electron chi connectivity index (χ0n) is 13.3. The van der Waals surface area contributed by atoms with Crippen LogP contribution in [-0.2, 0) is 6.42 Å². The van der Waals surface area contributed by atoms with Crippen molar-refractivity contribution in [3.8, 4) is 16.9 Å². The van der Waals surface area contributed by atoms with E-state index in [0.29, 0.717) is 39.8 Å². The number of ether oxygens (including phenoxy) is 1. The lowest BCUT2D eigenvalue weighted by Crippen LogP contribution is -2.20. The molecule has 0 amide bonds. The SMILES string of the molecule is C[C@@H]1CCc2c(ccc(-c3c(C(=O)O)sc4cc(F)ccc34)c2F)O1. The highest BCUT2D eigenvalue weighted by molar-refractivity contribution is 7.21. The van der Waals surface area contributed by atoms with Gasteiger partial charge in [0.15, 0.2) is 0 Å². The summed E-state index contributed by atoms with van der Waals surface area (Å²) in [6.45, 7) is 1.93. The average Bonchev–Trinajstić information content (AvgIpc) is 2.93. The smallest absolute Gasteiger partial charge is 0.346 e. The highest BCUT2D eigenvalue weighted by Gasteiger charge is 2.26. The van der Waals surface area contributed by atoms with Gasteiger partial charge in [0.2, 0.25) is 0 Å². The number of carboxylic acid groups (broad SMARTS) is 1. The van der Waals surface area contributed by atoms with Crippen molar-refractivity contribution in [3.05, 3.63) is 52.4 Å². The summed E-state index contributed by atoms with van der Waals surface area (Å²) in [4.78, 5) is 11.7. The van der Waals surface area contributed by atoms with Crippen LogP contribution in [0.3, 0.4) is 0 Å². The van der Waals surface area contributed by atoms with Crippen molar-refractivity contribution in [2.75, 3.05) is 0 Å². The van der Waals surface area contributed by atoms with E-state index in [2.05, 4.69) is 0 Å². The third kappa shape index (κ3) is 2.57. The van der Waals surface area contributed by atoms with Crippen LogP contribution in [0.5, 0.6) is 5.75 Å². The molecule has 6 heteroatoms. The second-order valence-electron chi connectivity index (χ2n) is 6.12. The van der Waals surface area contributed by atoms with Gasteiger partial charge in [-0.05, 0) is 50.1 Å². The predicted molar refractivity (Wildman–Crippen MR) is 92.5 cm³/mol. The number of fused-ring (bicyclic) bond motifs is 2. The zero-order chi connectivity index (χ0) is 17.7. The Morgan fingerprint density at radius 2 is 2.08 bits per heavy atom. The van der Waals surface area contributed by atoms with Crippen LogP contribution in [0.2, 0.25) is 0 Å². The Labute approximate surface area is 146 Å². The molecule has 128 valence electrons. The van der Waals surface area contributed by atoms with Crippen LogP contribution in [-0.4, -0.2) is 17.2 Å². The number of hydrogen-bond donors (Lipinski definition) is 1. The van der Waals surface area contributed by atoms with Crippen LogP contribution < -0.4 is 4.74 Å². The molecular weight excluding hydrogens is 346 g/mol. The van der Waals surface area contributed by atoms with Crippen molar-refractivity contribution >= 4 is 27.4 Å². The second-order valence-corrected chi connectivity index (χ2v) is 7.17. The van der Waals surface area contributed by atoms with Crippen molar-refractivity contribution in [1.29, 1.82) is 0 Å². The van der Waals surface area contributed by atoms with Gasteiger partial charge in [0.1, 0.15) is 22.3 Å². The van der Waals surface area contributed by atoms with E-state index >= 15 is 4.39 Å². The molecule has 1 aromatic heterocycles. The van der Waals surface area contributed by atoms with Crippen LogP contribution in [0.1, 0.15) is 28.6 Å². The molecule has 0 unspecified atom stereocenters. The third-order valence-corrected chi connectivity index (χ3v) is 5.59. The number of halogens is 2. The van der Waals surface area contributed by atoms with Crippen LogP contribution >= 0.6 is 11.3 Å². The summed E-state index contributed by atoms with van der Waals surface area (Å²) in [6, 6.07) is 7.26. The van der Waals surface area contributed by atoms with Gasteiger partial charge in [-0.3, -0.25) is 0 Å². The first-order chi connectivity index (χ1) is 12.0. The molecule has 25 heavy (non-hydrogen) atoms. The lowest BCUT2D eigenvalue weighted by Gasteiger charge is -2.24. The van der Waals surface area contributed by atoms with Crippen LogP contribution in [0.25, 0.3) is 21.2 Å². The number of rotatable bonds is 2. The van der Waals surface area contributed by atoms with Gasteiger partial charge in [-0.25, -0.2) is 13.6 Å². The van der Waals surface area contributed by atoms with Crippen molar-refractivity contribution in [1.82, 2.24) is 0 Å². The third-order valence-electron chi connectivity index (χ3n) is 4.44. The Kier molecular flexibility index (Phi) is 3.72. The molecule has 3 nitrogen and oxygen atoms in total. The summed E-state index contributed by atoms with van der Waals surface area (Å²) in [5.41, 5.74) is 0.979. The summed E-state index contributed by atoms with van der Waals surface area (Å²) in [5.74, 6) is -1.57. The molecule has 2 heterocycles. The molecule has 2 aromatic carbocycles. The summed E-state index contributed by atoms with van der Waals surface area (Å²) >= 11 is 0.950. The quantitative estimate of drug-likeness (QED) is 0.678. The maximum atomic E-state index is 15.2. The fourth-order valence-corrected chi connectivity index (χ4v) is 4.33. The lowest BCUT2D eigenvalue weighted by molar-refractivity contribution is 0.0703. The van der Waals surface area contributed by atoms with E-state index in [9.17, 15) is 14.3 Å². The summed E-state index contributed by atoms with van der Waals surface area (Å²) in [5, 5.41) is 10.1. The molecule has 4 rings (SSSR count). The van der Waals surface area contributed by atoms with Crippen molar-refractivity contribution < 1.29 is 23.4 Å². The summed E-state index contributed by atoms with van der Waals surface area (Å²) < 4.78 is 34.8. The second kappa shape index (κ2) is 5.81. The van der Waals surface area contributed by atoms with Crippen molar-refractivity contribution in [2.24, 2.45) is 0 Å². The minimum Gasteiger partial charge on any atom is -0.490 e. The van der Waals surface area contributed by atoms with Crippen LogP contribution in [0.4, 0.5) is 8.78 Å². The van der Waals surface area contributed by atoms with Gasteiger partial charge in [0.05, 0.1) is 6.10 Å². The number of benzene rings is 2. The number of hydrogen-bond acceptors (Lipinski definition) is 3. The van der Waals surface area contributed by atoms with E-state index in [0.717, 1.165) is 11.3 Å². The van der Waals surface area contributed by atoms with E-state index in [1.54, 1.807) is 12.1 Å². The van der Waals surface area contributed by atoms with Crippen LogP contribution in [0, 0.1) is 11.6 Å². The maximum Gasteiger partial charge on any atom is 0.346 e. The molecule has 1 atom stereocenters. The highest BCUT2D eigenvalue weighted by Crippen LogP contribution is 2.43. The molecular formula is C19H14F2O3S. The first-order valence-corrected chi connectivity index (χ1v) is 8.71. The highest BCUT2D eigenvalue weighted by atomic mass is 32.1. The normalized spacial score (nSPS) is 16.5. The fourth-order valence-electron chi connectivity index (χ4n) is 3.25. The largest absolute Gasteiger partial charge is 0.490 e. The molecule has 0 saturated carbocycles. The average molecular weight is 360 g/mol. The Balaban J connectivity index is 1.99. The molecule has 1 aliphatic rings. The van der Waals surface area contributed by atoms with Crippen LogP contribution in [0.15, 0.2) is 30.3 Å². The first-order valence-electron chi connectivity index (χ1n) is 7.89. The monoisotopic (exact) mass is 360 g/mol. The molecule has 3 aromatic rings. The Morgan fingerprint density at radius 3 is 2.84 bits per heavy atom. The molecule has 0 bridgehead atoms. The molecule has 0 spiro atoms. The molecule has 0 saturated heterocycles. The number of thiophene rings is 1. The Morgan fingerprint density at radius 1 is 1.28 bits per heavy atom. The first kappa shape index (κ1) is 16.0. The molecule has 1 N–H and O–H groups in total. The van der Waals surface area contributed by atoms with E-state index in [1.807, 2.05) is 6.92 Å². The zero-order valence-corrected chi connectivity index (χ0v) is 14.1. The number of aromatic carboxylic acids is 1. The summed E-state index contributed by atoms with van der Waals surface area (Å²) in [6.07, 6.45) is 1.27. The van der Waals surface area contributed by atoms with Crippen molar-refractivity contribution in [3.63, 3.8) is 0 Å². The topological polar surface area (TPSA) is 46.5 Å². The Bertz CT molecular complexity index is 1010. The van der Waals surface area contributed by atoms with Gasteiger partial charge in [-0.1, -0.05) is 0 Å². The van der Waals surface area contributed by atoms with E-state index < -0.39 is 17.6 Å². The van der Waals surface area contributed by atoms with Gasteiger partial charge in [0, 0.05) is 26.8 Å². The Hall–Kier alpha value is -2.47. The maximum absolute atomic E-state index is 15.2. The molecule has 1 aliphatic heterocycles. The molecule has 0 aliphatic carbocycles. The van der Waals surface area contributed by atoms with E-state index in [1.165, 1.54) is 18.2 Å². The van der Waals surface area contributed by atoms with Gasteiger partial charge in [0.25, 0.3) is 0 Å². The molecule has 0 fully saturated rings. The van der Waals surface area contributed by atoms with Gasteiger partial charge >= 0.3 is 5.97 Å². The predicted octanol–water partition coefficient (Wildman–Crippen LogP) is 5.26.